The van der Waals surface area contributed by atoms with Crippen LogP contribution in [-0.4, -0.2) is 22.5 Å². The molecule has 4 rings (SSSR count). The molecule has 0 aromatic heterocycles. The molecule has 6 heteroatoms. The first kappa shape index (κ1) is 23.4. The Hall–Kier alpha value is -2.76. The molecule has 1 atom stereocenters. The van der Waals surface area contributed by atoms with E-state index < -0.39 is 0 Å². The number of amides is 2. The normalized spacial score (nSPS) is 15.7. The topological polar surface area (TPSA) is 49.4 Å². The van der Waals surface area contributed by atoms with Gasteiger partial charge in [-0.05, 0) is 59.4 Å². The Morgan fingerprint density at radius 3 is 2.24 bits per heavy atom. The molecule has 0 aliphatic carbocycles. The summed E-state index contributed by atoms with van der Waals surface area (Å²) in [4.78, 5) is 27.4. The number of nitrogens with one attached hydrogen (secondary N) is 1. The first-order valence-electron chi connectivity index (χ1n) is 11.2. The van der Waals surface area contributed by atoms with Gasteiger partial charge in [0.2, 0.25) is 5.91 Å². The number of hydrogen-bond donors (Lipinski definition) is 1. The minimum Gasteiger partial charge on any atom is -0.322 e. The summed E-state index contributed by atoms with van der Waals surface area (Å²) in [5, 5.41) is 3.73. The Labute approximate surface area is 204 Å². The molecule has 170 valence electrons. The number of hydrogen-bond acceptors (Lipinski definition) is 3. The lowest BCUT2D eigenvalue weighted by atomic mass is 10.0. The maximum atomic E-state index is 13.0. The van der Waals surface area contributed by atoms with E-state index in [1.165, 1.54) is 0 Å². The Balaban J connectivity index is 1.50. The Kier molecular flexibility index (Phi) is 7.41. The lowest BCUT2D eigenvalue weighted by Gasteiger charge is -2.24. The van der Waals surface area contributed by atoms with Crippen LogP contribution in [0.2, 0.25) is 5.02 Å². The number of para-hydroxylation sites is 1. The molecule has 0 bridgehead atoms. The zero-order valence-corrected chi connectivity index (χ0v) is 20.4. The molecule has 4 nitrogen and oxygen atoms in total. The quantitative estimate of drug-likeness (QED) is 0.422. The fourth-order valence-electron chi connectivity index (χ4n) is 4.08. The molecule has 0 spiro atoms. The zero-order chi connectivity index (χ0) is 23.4. The molecule has 3 aromatic rings. The van der Waals surface area contributed by atoms with Crippen LogP contribution in [0.15, 0.2) is 66.7 Å². The number of rotatable bonds is 7. The van der Waals surface area contributed by atoms with Gasteiger partial charge < -0.3 is 10.2 Å². The van der Waals surface area contributed by atoms with Gasteiger partial charge in [0.25, 0.3) is 5.91 Å². The van der Waals surface area contributed by atoms with Gasteiger partial charge in [-0.15, -0.1) is 11.8 Å². The highest BCUT2D eigenvalue weighted by Crippen LogP contribution is 2.39. The summed E-state index contributed by atoms with van der Waals surface area (Å²) in [5.74, 6) is 0.448. The summed E-state index contributed by atoms with van der Waals surface area (Å²) in [7, 11) is 0. The molecule has 33 heavy (non-hydrogen) atoms. The van der Waals surface area contributed by atoms with Crippen molar-refractivity contribution < 1.29 is 9.59 Å². The molecule has 1 N–H and O–H groups in total. The van der Waals surface area contributed by atoms with Crippen LogP contribution in [0.1, 0.15) is 51.8 Å². The van der Waals surface area contributed by atoms with E-state index >= 15 is 0 Å². The maximum absolute atomic E-state index is 13.0. The maximum Gasteiger partial charge on any atom is 0.255 e. The van der Waals surface area contributed by atoms with Crippen LogP contribution in [0.5, 0.6) is 0 Å². The van der Waals surface area contributed by atoms with E-state index in [9.17, 15) is 9.59 Å². The highest BCUT2D eigenvalue weighted by molar-refractivity contribution is 8.00. The van der Waals surface area contributed by atoms with E-state index in [0.717, 1.165) is 40.8 Å². The standard InChI is InChI=1S/C27H27ClN2O2S/c1-3-19-6-5-7-20(4-2)25(19)29-26(32)21-10-12-22(13-11-21)27-30(24(31)17-33-27)16-18-8-14-23(28)15-9-18/h5-15,27H,3-4,16-17H2,1-2H3,(H,29,32)/t27-/m0/s1. The third-order valence-corrected chi connectivity index (χ3v) is 7.44. The van der Waals surface area contributed by atoms with Crippen molar-refractivity contribution in [2.75, 3.05) is 11.1 Å². The van der Waals surface area contributed by atoms with Crippen LogP contribution in [0.3, 0.4) is 0 Å². The van der Waals surface area contributed by atoms with Crippen LogP contribution >= 0.6 is 23.4 Å². The second-order valence-corrected chi connectivity index (χ2v) is 9.55. The fraction of sp³-hybridized carbons (Fsp3) is 0.259. The van der Waals surface area contributed by atoms with Crippen LogP contribution < -0.4 is 5.32 Å². The number of nitrogens with zero attached hydrogens (tertiary/aromatic N) is 1. The van der Waals surface area contributed by atoms with Crippen LogP contribution in [0, 0.1) is 0 Å². The summed E-state index contributed by atoms with van der Waals surface area (Å²) in [6.45, 7) is 4.72. The number of carbonyl (C=O) groups excluding carboxylic acids is 2. The van der Waals surface area contributed by atoms with E-state index in [0.29, 0.717) is 22.9 Å². The average molecular weight is 479 g/mol. The van der Waals surface area contributed by atoms with Gasteiger partial charge >= 0.3 is 0 Å². The highest BCUT2D eigenvalue weighted by atomic mass is 35.5. The van der Waals surface area contributed by atoms with E-state index in [1.54, 1.807) is 11.8 Å². The molecule has 1 aliphatic heterocycles. The fourth-order valence-corrected chi connectivity index (χ4v) is 5.39. The SMILES string of the molecule is CCc1cccc(CC)c1NC(=O)c1ccc([C@@H]2SCC(=O)N2Cc2ccc(Cl)cc2)cc1. The van der Waals surface area contributed by atoms with Gasteiger partial charge in [-0.2, -0.15) is 0 Å². The summed E-state index contributed by atoms with van der Waals surface area (Å²) in [6, 6.07) is 21.3. The molecule has 1 fully saturated rings. The van der Waals surface area contributed by atoms with Crippen molar-refractivity contribution in [1.29, 1.82) is 0 Å². The van der Waals surface area contributed by atoms with Crippen molar-refractivity contribution in [2.24, 2.45) is 0 Å². The minimum atomic E-state index is -0.120. The lowest BCUT2D eigenvalue weighted by molar-refractivity contribution is -0.128. The van der Waals surface area contributed by atoms with Crippen molar-refractivity contribution in [3.8, 4) is 0 Å². The summed E-state index contributed by atoms with van der Waals surface area (Å²) >= 11 is 7.60. The van der Waals surface area contributed by atoms with E-state index in [2.05, 4.69) is 31.3 Å². The van der Waals surface area contributed by atoms with Crippen molar-refractivity contribution in [1.82, 2.24) is 4.90 Å². The Bertz CT molecular complexity index is 1120. The molecule has 0 unspecified atom stereocenters. The van der Waals surface area contributed by atoms with E-state index in [-0.39, 0.29) is 17.2 Å². The number of aryl methyl sites for hydroxylation is 2. The van der Waals surface area contributed by atoms with Crippen molar-refractivity contribution in [2.45, 2.75) is 38.6 Å². The van der Waals surface area contributed by atoms with Gasteiger partial charge in [0, 0.05) is 22.8 Å². The molecule has 1 aliphatic rings. The molecule has 0 saturated carbocycles. The smallest absolute Gasteiger partial charge is 0.255 e. The van der Waals surface area contributed by atoms with Gasteiger partial charge in [-0.1, -0.05) is 67.9 Å². The first-order valence-corrected chi connectivity index (χ1v) is 12.6. The Morgan fingerprint density at radius 2 is 1.64 bits per heavy atom. The molecule has 0 radical (unpaired) electrons. The number of benzene rings is 3. The average Bonchev–Trinajstić information content (AvgIpc) is 3.20. The van der Waals surface area contributed by atoms with Gasteiger partial charge in [0.05, 0.1) is 5.75 Å². The summed E-state index contributed by atoms with van der Waals surface area (Å²) in [5.41, 5.74) is 5.85. The van der Waals surface area contributed by atoms with Gasteiger partial charge in [-0.3, -0.25) is 9.59 Å². The number of anilines is 1. The third kappa shape index (κ3) is 5.26. The molecule has 2 amide bonds. The highest BCUT2D eigenvalue weighted by Gasteiger charge is 2.32. The van der Waals surface area contributed by atoms with E-state index in [1.807, 2.05) is 59.5 Å². The lowest BCUT2D eigenvalue weighted by Crippen LogP contribution is -2.27. The van der Waals surface area contributed by atoms with Crippen LogP contribution in [0.25, 0.3) is 0 Å². The number of thioether (sulfide) groups is 1. The summed E-state index contributed by atoms with van der Waals surface area (Å²) < 4.78 is 0. The van der Waals surface area contributed by atoms with Crippen LogP contribution in [0.4, 0.5) is 5.69 Å². The second kappa shape index (κ2) is 10.4. The Morgan fingerprint density at radius 1 is 1.00 bits per heavy atom. The molecule has 3 aromatic carbocycles. The van der Waals surface area contributed by atoms with E-state index in [4.69, 9.17) is 11.6 Å². The second-order valence-electron chi connectivity index (χ2n) is 8.05. The first-order chi connectivity index (χ1) is 16.0. The predicted octanol–water partition coefficient (Wildman–Crippen LogP) is 6.49. The zero-order valence-electron chi connectivity index (χ0n) is 18.8. The monoisotopic (exact) mass is 478 g/mol. The molecular weight excluding hydrogens is 452 g/mol. The molecule has 1 heterocycles. The largest absolute Gasteiger partial charge is 0.322 e. The number of halogens is 1. The summed E-state index contributed by atoms with van der Waals surface area (Å²) in [6.07, 6.45) is 1.72. The minimum absolute atomic E-state index is 0.0715. The van der Waals surface area contributed by atoms with Gasteiger partial charge in [0.1, 0.15) is 5.37 Å². The third-order valence-electron chi connectivity index (χ3n) is 5.93. The predicted molar refractivity (Wildman–Crippen MR) is 137 cm³/mol. The van der Waals surface area contributed by atoms with Gasteiger partial charge in [0.15, 0.2) is 0 Å². The molecular formula is C27H27ClN2O2S. The van der Waals surface area contributed by atoms with Crippen molar-refractivity contribution >= 4 is 40.9 Å². The van der Waals surface area contributed by atoms with Crippen LogP contribution in [-0.2, 0) is 24.2 Å². The number of carbonyl (C=O) groups is 2. The van der Waals surface area contributed by atoms with Crippen molar-refractivity contribution in [3.05, 3.63) is 99.6 Å². The molecule has 1 saturated heterocycles. The van der Waals surface area contributed by atoms with Gasteiger partial charge in [-0.25, -0.2) is 0 Å². The van der Waals surface area contributed by atoms with Crippen molar-refractivity contribution in [3.63, 3.8) is 0 Å².